The zero-order valence-electron chi connectivity index (χ0n) is 20.2. The fourth-order valence-electron chi connectivity index (χ4n) is 5.42. The lowest BCUT2D eigenvalue weighted by Crippen LogP contribution is -2.32. The molecular weight excluding hydrogens is 404 g/mol. The Morgan fingerprint density at radius 3 is 2.06 bits per heavy atom. The van der Waals surface area contributed by atoms with Crippen LogP contribution in [0, 0.1) is 0 Å². The molecule has 2 aliphatic heterocycles. The highest BCUT2D eigenvalue weighted by molar-refractivity contribution is 5.62. The molecule has 0 radical (unpaired) electrons. The Kier molecular flexibility index (Phi) is 6.54. The van der Waals surface area contributed by atoms with Crippen molar-refractivity contribution in [1.29, 1.82) is 0 Å². The van der Waals surface area contributed by atoms with Crippen molar-refractivity contribution in [3.63, 3.8) is 0 Å². The average molecular weight is 441 g/mol. The van der Waals surface area contributed by atoms with E-state index in [0.717, 1.165) is 44.3 Å². The van der Waals surface area contributed by atoms with Crippen LogP contribution in [0.5, 0.6) is 28.7 Å². The summed E-state index contributed by atoms with van der Waals surface area (Å²) in [5.41, 5.74) is 4.80. The molecule has 2 heterocycles. The second-order valence-corrected chi connectivity index (χ2v) is 8.94. The van der Waals surface area contributed by atoms with E-state index in [9.17, 15) is 5.11 Å². The summed E-state index contributed by atoms with van der Waals surface area (Å²) in [7, 11) is 7.56. The van der Waals surface area contributed by atoms with Gasteiger partial charge in [-0.15, -0.1) is 0 Å². The van der Waals surface area contributed by atoms with E-state index in [-0.39, 0.29) is 11.8 Å². The van der Waals surface area contributed by atoms with Crippen molar-refractivity contribution in [3.05, 3.63) is 40.5 Å². The van der Waals surface area contributed by atoms with Crippen LogP contribution in [-0.2, 0) is 12.8 Å². The molecule has 0 unspecified atom stereocenters. The van der Waals surface area contributed by atoms with Crippen LogP contribution in [-0.4, -0.2) is 56.3 Å². The molecular formula is C26H36N2O4. The van der Waals surface area contributed by atoms with E-state index in [2.05, 4.69) is 49.9 Å². The van der Waals surface area contributed by atoms with Gasteiger partial charge in [0.2, 0.25) is 5.75 Å². The quantitative estimate of drug-likeness (QED) is 0.676. The molecule has 2 aromatic carbocycles. The molecule has 0 aliphatic carbocycles. The maximum atomic E-state index is 11.1. The summed E-state index contributed by atoms with van der Waals surface area (Å²) < 4.78 is 17.8. The highest BCUT2D eigenvalue weighted by atomic mass is 16.5. The number of methoxy groups -OCH3 is 2. The van der Waals surface area contributed by atoms with Gasteiger partial charge in [-0.25, -0.2) is 0 Å². The van der Waals surface area contributed by atoms with E-state index < -0.39 is 0 Å². The van der Waals surface area contributed by atoms with E-state index >= 15 is 0 Å². The average Bonchev–Trinajstić information content (AvgIpc) is 2.80. The predicted molar refractivity (Wildman–Crippen MR) is 126 cm³/mol. The smallest absolute Gasteiger partial charge is 0.201 e. The number of nitrogens with zero attached hydrogens (tertiary/aromatic N) is 2. The molecule has 32 heavy (non-hydrogen) atoms. The fraction of sp³-hybridized carbons (Fsp3) is 0.538. The van der Waals surface area contributed by atoms with Crippen LogP contribution in [0.2, 0.25) is 0 Å². The Morgan fingerprint density at radius 2 is 1.44 bits per heavy atom. The highest BCUT2D eigenvalue weighted by Crippen LogP contribution is 2.51. The molecule has 0 saturated heterocycles. The summed E-state index contributed by atoms with van der Waals surface area (Å²) in [6.45, 7) is 6.38. The normalized spacial score (nSPS) is 21.1. The number of benzene rings is 2. The monoisotopic (exact) mass is 440 g/mol. The van der Waals surface area contributed by atoms with Crippen molar-refractivity contribution in [3.8, 4) is 28.7 Å². The molecule has 4 rings (SSSR count). The van der Waals surface area contributed by atoms with E-state index in [1.54, 1.807) is 14.2 Å². The number of ether oxygens (including phenoxy) is 3. The van der Waals surface area contributed by atoms with E-state index in [1.165, 1.54) is 16.7 Å². The minimum absolute atomic E-state index is 0.0453. The van der Waals surface area contributed by atoms with E-state index in [4.69, 9.17) is 14.2 Å². The predicted octanol–water partition coefficient (Wildman–Crippen LogP) is 5.08. The van der Waals surface area contributed by atoms with Crippen LogP contribution in [0.1, 0.15) is 61.0 Å². The number of hydrogen-bond donors (Lipinski definition) is 1. The third-order valence-corrected chi connectivity index (χ3v) is 7.20. The minimum atomic E-state index is 0.0453. The third kappa shape index (κ3) is 3.80. The Labute approximate surface area is 191 Å². The Morgan fingerprint density at radius 1 is 0.844 bits per heavy atom. The highest BCUT2D eigenvalue weighted by Gasteiger charge is 2.32. The third-order valence-electron chi connectivity index (χ3n) is 7.20. The molecule has 0 fully saturated rings. The number of likely N-dealkylation sites (N-methyl/N-ethyl adjacent to an activating group) is 2. The summed E-state index contributed by atoms with van der Waals surface area (Å²) in [5, 5.41) is 11.1. The number of phenols is 1. The summed E-state index contributed by atoms with van der Waals surface area (Å²) in [6.07, 6.45) is 3.83. The number of aromatic hydroxyl groups is 1. The van der Waals surface area contributed by atoms with Crippen LogP contribution in [0.15, 0.2) is 18.2 Å². The first-order valence-electron chi connectivity index (χ1n) is 11.6. The van der Waals surface area contributed by atoms with Crippen molar-refractivity contribution in [2.24, 2.45) is 0 Å². The molecule has 2 aliphatic rings. The first-order chi connectivity index (χ1) is 15.4. The number of phenolic OH excluding ortho intramolecular Hbond substituents is 1. The van der Waals surface area contributed by atoms with Crippen LogP contribution in [0.3, 0.4) is 0 Å². The molecule has 0 saturated carbocycles. The van der Waals surface area contributed by atoms with Gasteiger partial charge < -0.3 is 19.3 Å². The molecule has 0 spiro atoms. The topological polar surface area (TPSA) is 54.4 Å². The van der Waals surface area contributed by atoms with Gasteiger partial charge in [0.05, 0.1) is 14.2 Å². The summed E-state index contributed by atoms with van der Waals surface area (Å²) in [5.74, 6) is 2.29. The fourth-order valence-corrected chi connectivity index (χ4v) is 5.42. The van der Waals surface area contributed by atoms with Crippen LogP contribution >= 0.6 is 0 Å². The number of rotatable bonds is 6. The van der Waals surface area contributed by atoms with Crippen molar-refractivity contribution in [2.45, 2.75) is 51.6 Å². The first kappa shape index (κ1) is 22.7. The molecule has 1 N–H and O–H groups in total. The van der Waals surface area contributed by atoms with Crippen molar-refractivity contribution < 1.29 is 19.3 Å². The van der Waals surface area contributed by atoms with Crippen molar-refractivity contribution in [2.75, 3.05) is 41.4 Å². The number of fused-ring (bicyclic) bond motifs is 2. The van der Waals surface area contributed by atoms with Crippen LogP contribution in [0.4, 0.5) is 0 Å². The summed E-state index contributed by atoms with van der Waals surface area (Å²) in [4.78, 5) is 4.72. The summed E-state index contributed by atoms with van der Waals surface area (Å²) in [6, 6.07) is 6.68. The minimum Gasteiger partial charge on any atom is -0.502 e. The van der Waals surface area contributed by atoms with Gasteiger partial charge in [-0.2, -0.15) is 0 Å². The maximum absolute atomic E-state index is 11.1. The standard InChI is InChI=1S/C26H36N2O4/c1-7-19-18-15-22(21(30-5)13-16(18)9-11-27(19)3)32-26-24-17(14-23(31-6)25(26)29)10-12-28(4)20(24)8-2/h13-15,19-20,29H,7-12H2,1-6H3/t19-,20+/m0/s1. The zero-order valence-corrected chi connectivity index (χ0v) is 20.2. The molecule has 0 bridgehead atoms. The van der Waals surface area contributed by atoms with Gasteiger partial charge in [-0.3, -0.25) is 9.80 Å². The SMILES string of the molecule is CC[C@@H]1c2c(cc(OC)c(O)c2Oc2cc3c(cc2OC)CCN(C)[C@H]3CC)CCN1C. The van der Waals surface area contributed by atoms with E-state index in [0.29, 0.717) is 29.0 Å². The zero-order chi connectivity index (χ0) is 23.0. The lowest BCUT2D eigenvalue weighted by atomic mass is 9.89. The lowest BCUT2D eigenvalue weighted by molar-refractivity contribution is 0.216. The van der Waals surface area contributed by atoms with E-state index in [1.807, 2.05) is 6.07 Å². The van der Waals surface area contributed by atoms with Gasteiger partial charge in [-0.05, 0) is 74.7 Å². The Balaban J connectivity index is 1.87. The molecule has 0 amide bonds. The van der Waals surface area contributed by atoms with Crippen LogP contribution < -0.4 is 14.2 Å². The molecule has 2 atom stereocenters. The van der Waals surface area contributed by atoms with Gasteiger partial charge in [0.25, 0.3) is 0 Å². The summed E-state index contributed by atoms with van der Waals surface area (Å²) >= 11 is 0. The molecule has 0 aromatic heterocycles. The van der Waals surface area contributed by atoms with Crippen molar-refractivity contribution in [1.82, 2.24) is 9.80 Å². The first-order valence-corrected chi connectivity index (χ1v) is 11.6. The van der Waals surface area contributed by atoms with Crippen LogP contribution in [0.25, 0.3) is 0 Å². The Hall–Kier alpha value is -2.44. The van der Waals surface area contributed by atoms with Crippen molar-refractivity contribution >= 4 is 0 Å². The van der Waals surface area contributed by atoms with Gasteiger partial charge in [0.15, 0.2) is 23.0 Å². The Bertz CT molecular complexity index is 991. The lowest BCUT2D eigenvalue weighted by Gasteiger charge is -2.36. The second kappa shape index (κ2) is 9.20. The van der Waals surface area contributed by atoms with Gasteiger partial charge in [-0.1, -0.05) is 13.8 Å². The molecule has 6 nitrogen and oxygen atoms in total. The largest absolute Gasteiger partial charge is 0.502 e. The van der Waals surface area contributed by atoms with Gasteiger partial charge >= 0.3 is 0 Å². The molecule has 2 aromatic rings. The maximum Gasteiger partial charge on any atom is 0.201 e. The van der Waals surface area contributed by atoms with Gasteiger partial charge in [0.1, 0.15) is 0 Å². The number of hydrogen-bond acceptors (Lipinski definition) is 6. The van der Waals surface area contributed by atoms with Gasteiger partial charge in [0, 0.05) is 30.7 Å². The second-order valence-electron chi connectivity index (χ2n) is 8.94. The molecule has 174 valence electrons. The molecule has 6 heteroatoms.